The number of hydrogen-bond acceptors (Lipinski definition) is 7. The second-order valence-corrected chi connectivity index (χ2v) is 14.1. The van der Waals surface area contributed by atoms with Crippen LogP contribution >= 0.6 is 0 Å². The lowest BCUT2D eigenvalue weighted by molar-refractivity contribution is -0.188. The van der Waals surface area contributed by atoms with E-state index >= 15 is 0 Å². The van der Waals surface area contributed by atoms with Crippen LogP contribution < -0.4 is 0 Å². The lowest BCUT2D eigenvalue weighted by Crippen LogP contribution is -2.22. The summed E-state index contributed by atoms with van der Waals surface area (Å²) in [5.41, 5.74) is 0. The lowest BCUT2D eigenvalue weighted by Gasteiger charge is -2.18. The molecule has 0 aliphatic carbocycles. The minimum atomic E-state index is -0.401. The summed E-state index contributed by atoms with van der Waals surface area (Å²) in [6, 6.07) is 0. The van der Waals surface area contributed by atoms with Crippen LogP contribution in [0.4, 0.5) is 0 Å². The van der Waals surface area contributed by atoms with Crippen molar-refractivity contribution in [2.45, 2.75) is 220 Å². The molecule has 7 nitrogen and oxygen atoms in total. The van der Waals surface area contributed by atoms with E-state index in [9.17, 15) is 0 Å². The molecule has 0 saturated heterocycles. The summed E-state index contributed by atoms with van der Waals surface area (Å²) in [6.45, 7) is 12.1. The third-order valence-electron chi connectivity index (χ3n) is 9.15. The van der Waals surface area contributed by atoms with Gasteiger partial charge in [-0.05, 0) is 89.2 Å². The Labute approximate surface area is 317 Å². The van der Waals surface area contributed by atoms with E-state index in [0.717, 1.165) is 77.8 Å². The van der Waals surface area contributed by atoms with Crippen LogP contribution in [-0.2, 0) is 33.2 Å². The molecule has 0 fully saturated rings. The first-order valence-electron chi connectivity index (χ1n) is 21.7. The van der Waals surface area contributed by atoms with Gasteiger partial charge in [0.2, 0.25) is 0 Å². The Hall–Kier alpha value is -0.800. The highest BCUT2D eigenvalue weighted by molar-refractivity contribution is 4.89. The zero-order chi connectivity index (χ0) is 37.3. The third-order valence-corrected chi connectivity index (χ3v) is 9.15. The van der Waals surface area contributed by atoms with Crippen LogP contribution in [0, 0.1) is 0 Å². The zero-order valence-corrected chi connectivity index (χ0v) is 34.7. The van der Waals surface area contributed by atoms with Crippen LogP contribution in [0.5, 0.6) is 0 Å². The van der Waals surface area contributed by atoms with Crippen molar-refractivity contribution in [3.05, 3.63) is 24.3 Å². The number of methoxy groups -OCH3 is 2. The number of ether oxygens (including phenoxy) is 7. The quantitative estimate of drug-likeness (QED) is 0.0352. The number of unbranched alkanes of at least 4 members (excludes halogenated alkanes) is 18. The van der Waals surface area contributed by atoms with Gasteiger partial charge in [-0.3, -0.25) is 0 Å². The molecule has 0 amide bonds. The molecule has 0 saturated carbocycles. The Morgan fingerprint density at radius 1 is 0.373 bits per heavy atom. The van der Waals surface area contributed by atoms with Crippen molar-refractivity contribution in [1.82, 2.24) is 0 Å². The topological polar surface area (TPSA) is 64.6 Å². The first-order valence-corrected chi connectivity index (χ1v) is 21.7. The molecule has 0 aromatic heterocycles. The van der Waals surface area contributed by atoms with Gasteiger partial charge in [-0.15, -0.1) is 0 Å². The third kappa shape index (κ3) is 36.0. The molecular formula is C44H86O7. The maximum Gasteiger partial charge on any atom is 0.179 e. The van der Waals surface area contributed by atoms with Crippen molar-refractivity contribution >= 4 is 0 Å². The van der Waals surface area contributed by atoms with Crippen molar-refractivity contribution < 1.29 is 33.2 Å². The van der Waals surface area contributed by atoms with E-state index in [1.807, 2.05) is 12.2 Å². The molecule has 0 aliphatic heterocycles. The van der Waals surface area contributed by atoms with E-state index in [1.54, 1.807) is 14.2 Å². The van der Waals surface area contributed by atoms with Crippen molar-refractivity contribution in [3.8, 4) is 0 Å². The van der Waals surface area contributed by atoms with Gasteiger partial charge in [0.15, 0.2) is 25.2 Å². The lowest BCUT2D eigenvalue weighted by atomic mass is 10.1. The van der Waals surface area contributed by atoms with Crippen LogP contribution in [0.2, 0.25) is 0 Å². The maximum atomic E-state index is 6.00. The van der Waals surface area contributed by atoms with E-state index in [-0.39, 0.29) is 12.6 Å². The molecule has 0 aromatic rings. The Kier molecular flexibility index (Phi) is 41.3. The molecule has 51 heavy (non-hydrogen) atoms. The van der Waals surface area contributed by atoms with Crippen molar-refractivity contribution in [2.24, 2.45) is 0 Å². The Morgan fingerprint density at radius 2 is 0.667 bits per heavy atom. The second kappa shape index (κ2) is 41.9. The molecule has 7 heteroatoms. The summed E-state index contributed by atoms with van der Waals surface area (Å²) in [5.74, 6) is 0. The van der Waals surface area contributed by atoms with Gasteiger partial charge in [-0.25, -0.2) is 0 Å². The van der Waals surface area contributed by atoms with Crippen molar-refractivity contribution in [1.29, 1.82) is 0 Å². The highest BCUT2D eigenvalue weighted by Gasteiger charge is 2.11. The van der Waals surface area contributed by atoms with Crippen LogP contribution in [-0.4, -0.2) is 65.8 Å². The Balaban J connectivity index is 3.94. The van der Waals surface area contributed by atoms with Crippen LogP contribution in [0.25, 0.3) is 0 Å². The van der Waals surface area contributed by atoms with Gasteiger partial charge in [0.1, 0.15) is 0 Å². The molecule has 0 radical (unpaired) electrons. The molecule has 0 aromatic carbocycles. The summed E-state index contributed by atoms with van der Waals surface area (Å²) in [7, 11) is 3.37. The highest BCUT2D eigenvalue weighted by atomic mass is 16.8. The molecule has 2 unspecified atom stereocenters. The average Bonchev–Trinajstić information content (AvgIpc) is 3.14. The predicted molar refractivity (Wildman–Crippen MR) is 215 cm³/mol. The zero-order valence-electron chi connectivity index (χ0n) is 34.7. The van der Waals surface area contributed by atoms with Gasteiger partial charge >= 0.3 is 0 Å². The van der Waals surface area contributed by atoms with Gasteiger partial charge in [-0.1, -0.05) is 130 Å². The predicted octanol–water partition coefficient (Wildman–Crippen LogP) is 13.0. The fraction of sp³-hybridized carbons (Fsp3) is 0.909. The van der Waals surface area contributed by atoms with Gasteiger partial charge in [-0.2, -0.15) is 0 Å². The molecule has 0 heterocycles. The van der Waals surface area contributed by atoms with E-state index < -0.39 is 12.6 Å². The standard InChI is InChI=1S/C44H86O7/c1-7-11-37-47-43(48-38-12-8-2)35-31-27-23-19-15-17-21-25-29-33-41(45-5)51-42(46-6)34-30-26-22-18-16-20-24-28-32-36-44(49-39-13-9-3)50-40-14-10-4/h29-30,33-34,41-44H,7-28,31-32,35-40H2,1-6H3. The fourth-order valence-corrected chi connectivity index (χ4v) is 5.69. The van der Waals surface area contributed by atoms with Gasteiger partial charge in [0, 0.05) is 40.6 Å². The minimum absolute atomic E-state index is 0.0119. The van der Waals surface area contributed by atoms with E-state index in [4.69, 9.17) is 33.2 Å². The minimum Gasteiger partial charge on any atom is -0.353 e. The maximum absolute atomic E-state index is 6.00. The molecule has 0 aliphatic rings. The van der Waals surface area contributed by atoms with Crippen molar-refractivity contribution in [2.75, 3.05) is 40.6 Å². The summed E-state index contributed by atoms with van der Waals surface area (Å²) in [4.78, 5) is 0. The smallest absolute Gasteiger partial charge is 0.179 e. The average molecular weight is 727 g/mol. The molecule has 0 spiro atoms. The Morgan fingerprint density at radius 3 is 0.961 bits per heavy atom. The molecule has 304 valence electrons. The normalized spacial score (nSPS) is 13.5. The summed E-state index contributed by atoms with van der Waals surface area (Å²) < 4.78 is 41.0. The van der Waals surface area contributed by atoms with Gasteiger partial charge < -0.3 is 33.2 Å². The fourth-order valence-electron chi connectivity index (χ4n) is 5.69. The van der Waals surface area contributed by atoms with Crippen LogP contribution in [0.3, 0.4) is 0 Å². The molecule has 0 rings (SSSR count). The number of rotatable bonds is 42. The molecular weight excluding hydrogens is 640 g/mol. The molecule has 2 atom stereocenters. The largest absolute Gasteiger partial charge is 0.353 e. The summed E-state index contributed by atoms with van der Waals surface area (Å²) in [6.07, 6.45) is 38.4. The monoisotopic (exact) mass is 727 g/mol. The van der Waals surface area contributed by atoms with Crippen LogP contribution in [0.15, 0.2) is 24.3 Å². The van der Waals surface area contributed by atoms with Gasteiger partial charge in [0.05, 0.1) is 0 Å². The summed E-state index contributed by atoms with van der Waals surface area (Å²) in [5, 5.41) is 0. The van der Waals surface area contributed by atoms with E-state index in [2.05, 4.69) is 39.8 Å². The van der Waals surface area contributed by atoms with Gasteiger partial charge in [0.25, 0.3) is 0 Å². The first-order chi connectivity index (χ1) is 25.1. The Bertz CT molecular complexity index is 638. The first kappa shape index (κ1) is 50.2. The van der Waals surface area contributed by atoms with E-state index in [1.165, 1.54) is 116 Å². The number of hydrogen-bond donors (Lipinski definition) is 0. The highest BCUT2D eigenvalue weighted by Crippen LogP contribution is 2.16. The molecule has 0 bridgehead atoms. The SMILES string of the molecule is CCCCOC(CCCCCCCCCC=CC(OC)OC(C=CCCCCCCCCCC(OCCCC)OCCCC)OC)OCCCC. The second-order valence-electron chi connectivity index (χ2n) is 14.1. The van der Waals surface area contributed by atoms with Crippen molar-refractivity contribution in [3.63, 3.8) is 0 Å². The van der Waals surface area contributed by atoms with Crippen LogP contribution in [0.1, 0.15) is 195 Å². The van der Waals surface area contributed by atoms with E-state index in [0.29, 0.717) is 0 Å². The number of allylic oxidation sites excluding steroid dienone is 2. The molecule has 0 N–H and O–H groups in total. The summed E-state index contributed by atoms with van der Waals surface area (Å²) >= 11 is 0.